The van der Waals surface area contributed by atoms with Crippen LogP contribution in [0.2, 0.25) is 0 Å². The van der Waals surface area contributed by atoms with E-state index in [2.05, 4.69) is 0 Å². The Morgan fingerprint density at radius 2 is 1.96 bits per heavy atom. The second-order valence-corrected chi connectivity index (χ2v) is 9.40. The monoisotopic (exact) mass is 359 g/mol. The maximum absolute atomic E-state index is 12.3. The first-order valence-electron chi connectivity index (χ1n) is 8.22. The zero-order valence-electron chi connectivity index (χ0n) is 15.2. The van der Waals surface area contributed by atoms with Crippen molar-refractivity contribution < 1.29 is 23.1 Å². The number of hydrogen-bond donors (Lipinski definition) is 1. The Morgan fingerprint density at radius 1 is 1.33 bits per heavy atom. The number of ether oxygens (including phenoxy) is 1. The Balaban J connectivity index is 2.92. The van der Waals surface area contributed by atoms with Gasteiger partial charge in [0.2, 0.25) is 0 Å². The number of sulfone groups is 1. The molecule has 6 nitrogen and oxygen atoms in total. The summed E-state index contributed by atoms with van der Waals surface area (Å²) in [7, 11) is -3.32. The van der Waals surface area contributed by atoms with E-state index in [1.807, 2.05) is 6.92 Å². The third kappa shape index (κ3) is 6.19. The first kappa shape index (κ1) is 20.5. The van der Waals surface area contributed by atoms with Crippen LogP contribution in [-0.2, 0) is 14.6 Å². The highest BCUT2D eigenvalue weighted by molar-refractivity contribution is 7.92. The van der Waals surface area contributed by atoms with E-state index in [0.29, 0.717) is 12.0 Å². The fraction of sp³-hybridized carbons (Fsp3) is 0.706. The molecule has 1 fully saturated rings. The van der Waals surface area contributed by atoms with Crippen molar-refractivity contribution in [1.82, 2.24) is 4.90 Å². The minimum absolute atomic E-state index is 0.0714. The van der Waals surface area contributed by atoms with E-state index in [4.69, 9.17) is 4.74 Å². The van der Waals surface area contributed by atoms with Crippen molar-refractivity contribution in [3.8, 4) is 0 Å². The van der Waals surface area contributed by atoms with Gasteiger partial charge in [-0.05, 0) is 40.2 Å². The molecule has 1 atom stereocenters. The van der Waals surface area contributed by atoms with E-state index in [9.17, 15) is 18.3 Å². The molecule has 1 saturated heterocycles. The zero-order chi connectivity index (χ0) is 18.5. The second kappa shape index (κ2) is 8.05. The molecule has 0 aromatic heterocycles. The van der Waals surface area contributed by atoms with Crippen molar-refractivity contribution in [1.29, 1.82) is 0 Å². The molecule has 0 bridgehead atoms. The topological polar surface area (TPSA) is 83.9 Å². The first-order chi connectivity index (χ1) is 11.0. The van der Waals surface area contributed by atoms with Gasteiger partial charge < -0.3 is 14.7 Å². The highest BCUT2D eigenvalue weighted by Gasteiger charge is 2.37. The molecule has 1 rings (SSSR count). The van der Waals surface area contributed by atoms with E-state index >= 15 is 0 Å². The Hall–Kier alpha value is -1.50. The van der Waals surface area contributed by atoms with Gasteiger partial charge in [-0.3, -0.25) is 0 Å². The van der Waals surface area contributed by atoms with Crippen LogP contribution in [0.4, 0.5) is 4.79 Å². The van der Waals surface area contributed by atoms with Crippen molar-refractivity contribution in [2.45, 2.75) is 58.3 Å². The number of carbonyl (C=O) groups excluding carboxylic acids is 1. The van der Waals surface area contributed by atoms with Crippen LogP contribution in [0.1, 0.15) is 47.5 Å². The molecule has 1 unspecified atom stereocenters. The molecule has 1 aliphatic rings. The maximum atomic E-state index is 12.3. The van der Waals surface area contributed by atoms with Crippen molar-refractivity contribution in [3.63, 3.8) is 0 Å². The van der Waals surface area contributed by atoms with Crippen LogP contribution in [0.5, 0.6) is 0 Å². The Kier molecular flexibility index (Phi) is 6.89. The Labute approximate surface area is 145 Å². The predicted octanol–water partition coefficient (Wildman–Crippen LogP) is 3.21. The summed E-state index contributed by atoms with van der Waals surface area (Å²) < 4.78 is 30.0. The second-order valence-electron chi connectivity index (χ2n) is 7.10. The lowest BCUT2D eigenvalue weighted by Gasteiger charge is -2.34. The molecule has 0 saturated carbocycles. The highest BCUT2D eigenvalue weighted by atomic mass is 32.2. The van der Waals surface area contributed by atoms with Crippen molar-refractivity contribution in [2.75, 3.05) is 18.8 Å². The number of aliphatic hydroxyl groups is 1. The van der Waals surface area contributed by atoms with Gasteiger partial charge in [-0.15, -0.1) is 0 Å². The van der Waals surface area contributed by atoms with Crippen LogP contribution in [-0.4, -0.2) is 54.2 Å². The summed E-state index contributed by atoms with van der Waals surface area (Å²) in [4.78, 5) is 13.6. The molecule has 1 N–H and O–H groups in total. The molecule has 24 heavy (non-hydrogen) atoms. The van der Waals surface area contributed by atoms with Gasteiger partial charge in [0.15, 0.2) is 9.84 Å². The van der Waals surface area contributed by atoms with E-state index in [0.717, 1.165) is 6.42 Å². The molecule has 1 heterocycles. The van der Waals surface area contributed by atoms with Crippen LogP contribution in [0.25, 0.3) is 0 Å². The number of aliphatic hydroxyl groups excluding tert-OH is 1. The largest absolute Gasteiger partial charge is 0.512 e. The molecule has 0 aromatic rings. The smallest absolute Gasteiger partial charge is 0.410 e. The van der Waals surface area contributed by atoms with E-state index in [1.165, 1.54) is 11.0 Å². The molecular formula is C17H29NO5S. The highest BCUT2D eigenvalue weighted by Crippen LogP contribution is 2.22. The summed E-state index contributed by atoms with van der Waals surface area (Å²) in [5, 5.41) is 8.90. The summed E-state index contributed by atoms with van der Waals surface area (Å²) in [5.41, 5.74) is -0.0199. The van der Waals surface area contributed by atoms with Crippen LogP contribution in [0.15, 0.2) is 23.5 Å². The summed E-state index contributed by atoms with van der Waals surface area (Å²) in [6, 6.07) is 0. The standard InChI is InChI=1S/C17H29NO5S/c1-6-7-14(19)9-8-13(2)15-12-18(10-11-24(15,21)22)16(20)23-17(3,4)5/h8-9,15,19H,6-7,10-12H2,1-5H3/b13-8+,14-9+. The SMILES string of the molecule is CCC/C(O)=C\C=C(/C)C1CN(C(=O)OC(C)(C)C)CCS1(=O)=O. The van der Waals surface area contributed by atoms with Crippen molar-refractivity contribution in [3.05, 3.63) is 23.5 Å². The van der Waals surface area contributed by atoms with E-state index in [-0.39, 0.29) is 24.6 Å². The number of nitrogens with zero attached hydrogens (tertiary/aromatic N) is 1. The minimum Gasteiger partial charge on any atom is -0.512 e. The fourth-order valence-corrected chi connectivity index (χ4v) is 4.19. The molecule has 7 heteroatoms. The van der Waals surface area contributed by atoms with Gasteiger partial charge in [0.05, 0.1) is 11.5 Å². The van der Waals surface area contributed by atoms with Crippen LogP contribution < -0.4 is 0 Å². The lowest BCUT2D eigenvalue weighted by Crippen LogP contribution is -2.50. The molecule has 1 aliphatic heterocycles. The van der Waals surface area contributed by atoms with Gasteiger partial charge in [-0.2, -0.15) is 0 Å². The van der Waals surface area contributed by atoms with Crippen LogP contribution >= 0.6 is 0 Å². The third-order valence-electron chi connectivity index (χ3n) is 3.67. The number of amides is 1. The maximum Gasteiger partial charge on any atom is 0.410 e. The summed E-state index contributed by atoms with van der Waals surface area (Å²) in [6.07, 6.45) is 4.00. The van der Waals surface area contributed by atoms with Crippen molar-refractivity contribution in [2.24, 2.45) is 0 Å². The summed E-state index contributed by atoms with van der Waals surface area (Å²) in [6.45, 7) is 9.18. The normalized spacial score (nSPS) is 22.4. The van der Waals surface area contributed by atoms with Crippen LogP contribution in [0, 0.1) is 0 Å². The van der Waals surface area contributed by atoms with Crippen LogP contribution in [0.3, 0.4) is 0 Å². The zero-order valence-corrected chi connectivity index (χ0v) is 16.0. The van der Waals surface area contributed by atoms with E-state index in [1.54, 1.807) is 33.8 Å². The number of carbonyl (C=O) groups is 1. The van der Waals surface area contributed by atoms with Gasteiger partial charge >= 0.3 is 6.09 Å². The number of allylic oxidation sites excluding steroid dienone is 3. The van der Waals surface area contributed by atoms with Gasteiger partial charge in [0.1, 0.15) is 10.9 Å². The van der Waals surface area contributed by atoms with Gasteiger partial charge in [-0.1, -0.05) is 18.6 Å². The number of rotatable bonds is 4. The average molecular weight is 359 g/mol. The Bertz CT molecular complexity index is 613. The summed E-state index contributed by atoms with van der Waals surface area (Å²) in [5.74, 6) is 0.126. The van der Waals surface area contributed by atoms with Gasteiger partial charge in [0, 0.05) is 19.5 Å². The lowest BCUT2D eigenvalue weighted by atomic mass is 10.1. The summed E-state index contributed by atoms with van der Waals surface area (Å²) >= 11 is 0. The molecule has 0 spiro atoms. The molecule has 0 aliphatic carbocycles. The molecule has 0 radical (unpaired) electrons. The van der Waals surface area contributed by atoms with Gasteiger partial charge in [-0.25, -0.2) is 13.2 Å². The molecule has 1 amide bonds. The quantitative estimate of drug-likeness (QED) is 0.615. The minimum atomic E-state index is -3.32. The average Bonchev–Trinajstić information content (AvgIpc) is 2.42. The molecule has 138 valence electrons. The predicted molar refractivity (Wildman–Crippen MR) is 94.8 cm³/mol. The molecular weight excluding hydrogens is 330 g/mol. The van der Waals surface area contributed by atoms with Crippen molar-refractivity contribution >= 4 is 15.9 Å². The number of hydrogen-bond acceptors (Lipinski definition) is 5. The third-order valence-corrected chi connectivity index (χ3v) is 5.81. The Morgan fingerprint density at radius 3 is 2.50 bits per heavy atom. The lowest BCUT2D eigenvalue weighted by molar-refractivity contribution is 0.0258. The molecule has 0 aromatic carbocycles. The fourth-order valence-electron chi connectivity index (χ4n) is 2.38. The van der Waals surface area contributed by atoms with Gasteiger partial charge in [0.25, 0.3) is 0 Å². The first-order valence-corrected chi connectivity index (χ1v) is 9.93. The van der Waals surface area contributed by atoms with E-state index < -0.39 is 26.8 Å².